The highest BCUT2D eigenvalue weighted by atomic mass is 16.5. The summed E-state index contributed by atoms with van der Waals surface area (Å²) < 4.78 is 10.7. The topological polar surface area (TPSA) is 116 Å². The molecule has 7 rings (SSSR count). The summed E-state index contributed by atoms with van der Waals surface area (Å²) in [5.74, 6) is 0.245. The van der Waals surface area contributed by atoms with E-state index in [2.05, 4.69) is 16.4 Å². The minimum absolute atomic E-state index is 0.0168. The van der Waals surface area contributed by atoms with Crippen LogP contribution in [0.15, 0.2) is 99.9 Å². The van der Waals surface area contributed by atoms with E-state index in [9.17, 15) is 14.4 Å². The molecule has 45 heavy (non-hydrogen) atoms. The Kier molecular flexibility index (Phi) is 7.36. The molecule has 2 fully saturated rings. The van der Waals surface area contributed by atoms with E-state index in [1.165, 1.54) is 10.0 Å². The van der Waals surface area contributed by atoms with Gasteiger partial charge in [-0.1, -0.05) is 47.7 Å². The number of allylic oxidation sites excluding steroid dienone is 1. The Hall–Kier alpha value is -5.32. The maximum absolute atomic E-state index is 14.1. The lowest BCUT2D eigenvalue weighted by Crippen LogP contribution is -2.45. The third kappa shape index (κ3) is 5.03. The number of anilines is 1. The summed E-state index contributed by atoms with van der Waals surface area (Å²) >= 11 is 0. The van der Waals surface area contributed by atoms with Crippen LogP contribution in [0.1, 0.15) is 36.4 Å². The molecule has 0 bridgehead atoms. The zero-order chi connectivity index (χ0) is 31.1. The second-order valence-corrected chi connectivity index (χ2v) is 11.4. The summed E-state index contributed by atoms with van der Waals surface area (Å²) in [7, 11) is 3.26. The molecule has 11 nitrogen and oxygen atoms in total. The standard InChI is InChI=1S/C34H32N6O5/c1-44-25-15-11-21(12-16-25)19-23-7-6-10-27-29(23)36-40(31(27)22-13-17-26(45-2)18-14-22)28(41)20-38-32-30(35-37-38)33(42)39(34(32)43)24-8-4-3-5-9-24/h3-5,8-9,11-19,27,30-32H,6-7,10,20H2,1-2H3. The van der Waals surface area contributed by atoms with Crippen molar-refractivity contribution in [2.45, 2.75) is 37.4 Å². The first-order valence-corrected chi connectivity index (χ1v) is 15.0. The lowest BCUT2D eigenvalue weighted by molar-refractivity contribution is -0.136. The van der Waals surface area contributed by atoms with E-state index in [0.717, 1.165) is 58.1 Å². The third-order valence-corrected chi connectivity index (χ3v) is 8.84. The molecule has 1 saturated heterocycles. The quantitative estimate of drug-likeness (QED) is 0.357. The molecule has 1 saturated carbocycles. The summed E-state index contributed by atoms with van der Waals surface area (Å²) in [6.07, 6.45) is 4.79. The van der Waals surface area contributed by atoms with Gasteiger partial charge in [-0.2, -0.15) is 10.2 Å². The first-order chi connectivity index (χ1) is 22.0. The van der Waals surface area contributed by atoms with Crippen LogP contribution in [0.2, 0.25) is 0 Å². The van der Waals surface area contributed by atoms with Crippen LogP contribution in [0.3, 0.4) is 0 Å². The van der Waals surface area contributed by atoms with Crippen LogP contribution in [0.25, 0.3) is 6.08 Å². The summed E-state index contributed by atoms with van der Waals surface area (Å²) in [6, 6.07) is 21.9. The molecular formula is C34H32N6O5. The highest BCUT2D eigenvalue weighted by Crippen LogP contribution is 2.45. The van der Waals surface area contributed by atoms with Crippen LogP contribution in [0.5, 0.6) is 11.5 Å². The van der Waals surface area contributed by atoms with Crippen molar-refractivity contribution in [3.63, 3.8) is 0 Å². The van der Waals surface area contributed by atoms with Crippen LogP contribution in [0, 0.1) is 5.92 Å². The van der Waals surface area contributed by atoms with Crippen molar-refractivity contribution in [2.75, 3.05) is 25.7 Å². The lowest BCUT2D eigenvalue weighted by Gasteiger charge is -2.30. The van der Waals surface area contributed by atoms with Crippen molar-refractivity contribution in [2.24, 2.45) is 21.4 Å². The van der Waals surface area contributed by atoms with Gasteiger partial charge in [0.05, 0.1) is 31.7 Å². The van der Waals surface area contributed by atoms with E-state index in [1.54, 1.807) is 38.5 Å². The van der Waals surface area contributed by atoms with E-state index < -0.39 is 23.9 Å². The highest BCUT2D eigenvalue weighted by Gasteiger charge is 2.55. The van der Waals surface area contributed by atoms with Gasteiger partial charge in [-0.15, -0.1) is 0 Å². The number of hydrazone groups is 1. The minimum atomic E-state index is -0.991. The Bertz CT molecular complexity index is 1720. The number of imide groups is 1. The number of carbonyl (C=O) groups is 3. The summed E-state index contributed by atoms with van der Waals surface area (Å²) in [6.45, 7) is -0.250. The molecule has 4 atom stereocenters. The smallest absolute Gasteiger partial charge is 0.264 e. The van der Waals surface area contributed by atoms with Gasteiger partial charge in [0.2, 0.25) is 0 Å². The van der Waals surface area contributed by atoms with Crippen LogP contribution in [-0.4, -0.2) is 66.3 Å². The van der Waals surface area contributed by atoms with Crippen LogP contribution in [0.4, 0.5) is 5.69 Å². The van der Waals surface area contributed by atoms with E-state index in [1.807, 2.05) is 54.6 Å². The maximum atomic E-state index is 14.1. The molecule has 3 heterocycles. The van der Waals surface area contributed by atoms with Crippen LogP contribution < -0.4 is 14.4 Å². The number of benzene rings is 3. The third-order valence-electron chi connectivity index (χ3n) is 8.84. The summed E-state index contributed by atoms with van der Waals surface area (Å²) in [4.78, 5) is 41.9. The minimum Gasteiger partial charge on any atom is -0.497 e. The van der Waals surface area contributed by atoms with E-state index in [0.29, 0.717) is 5.69 Å². The zero-order valence-corrected chi connectivity index (χ0v) is 24.9. The van der Waals surface area contributed by atoms with Gasteiger partial charge in [-0.05, 0) is 78.4 Å². The number of nitrogens with zero attached hydrogens (tertiary/aromatic N) is 6. The predicted octanol–water partition coefficient (Wildman–Crippen LogP) is 4.82. The molecule has 4 aliphatic rings. The van der Waals surface area contributed by atoms with Gasteiger partial charge in [0.1, 0.15) is 18.0 Å². The number of hydrogen-bond donors (Lipinski definition) is 0. The Labute approximate surface area is 260 Å². The SMILES string of the molecule is COc1ccc(C=C2CCCC3C2=NN(C(=O)CN2N=NC4C(=O)N(c5ccccc5)C(=O)C42)C3c2ccc(OC)cc2)cc1. The molecule has 3 aromatic carbocycles. The van der Waals surface area contributed by atoms with Crippen molar-refractivity contribution < 1.29 is 23.9 Å². The predicted molar refractivity (Wildman–Crippen MR) is 166 cm³/mol. The van der Waals surface area contributed by atoms with Gasteiger partial charge in [0.15, 0.2) is 12.1 Å². The highest BCUT2D eigenvalue weighted by molar-refractivity contribution is 6.25. The Balaban J connectivity index is 1.19. The fourth-order valence-electron chi connectivity index (χ4n) is 6.64. The number of methoxy groups -OCH3 is 2. The summed E-state index contributed by atoms with van der Waals surface area (Å²) in [5.41, 5.74) is 4.39. The molecule has 0 spiro atoms. The Morgan fingerprint density at radius 2 is 1.58 bits per heavy atom. The van der Waals surface area contributed by atoms with E-state index >= 15 is 0 Å². The number of rotatable bonds is 7. The fourth-order valence-corrected chi connectivity index (χ4v) is 6.64. The molecule has 4 unspecified atom stereocenters. The first kappa shape index (κ1) is 28.5. The van der Waals surface area contributed by atoms with Gasteiger partial charge >= 0.3 is 0 Å². The molecule has 1 aliphatic carbocycles. The van der Waals surface area contributed by atoms with Gasteiger partial charge in [-0.25, -0.2) is 9.91 Å². The van der Waals surface area contributed by atoms with Crippen molar-refractivity contribution in [1.29, 1.82) is 0 Å². The van der Waals surface area contributed by atoms with Crippen molar-refractivity contribution >= 4 is 35.2 Å². The number of ether oxygens (including phenoxy) is 2. The average molecular weight is 605 g/mol. The number of fused-ring (bicyclic) bond motifs is 2. The number of para-hydroxylation sites is 1. The van der Waals surface area contributed by atoms with Crippen molar-refractivity contribution in [3.05, 3.63) is 95.6 Å². The largest absolute Gasteiger partial charge is 0.497 e. The fraction of sp³-hybridized carbons (Fsp3) is 0.294. The monoisotopic (exact) mass is 604 g/mol. The van der Waals surface area contributed by atoms with Gasteiger partial charge in [0, 0.05) is 5.92 Å². The average Bonchev–Trinajstić information content (AvgIpc) is 3.75. The molecular weight excluding hydrogens is 572 g/mol. The molecule has 3 aliphatic heterocycles. The molecule has 3 aromatic rings. The van der Waals surface area contributed by atoms with E-state index in [4.69, 9.17) is 14.6 Å². The zero-order valence-electron chi connectivity index (χ0n) is 24.9. The number of amides is 3. The lowest BCUT2D eigenvalue weighted by atomic mass is 9.77. The maximum Gasteiger partial charge on any atom is 0.264 e. The van der Waals surface area contributed by atoms with E-state index in [-0.39, 0.29) is 24.4 Å². The van der Waals surface area contributed by atoms with Crippen LogP contribution in [-0.2, 0) is 14.4 Å². The first-order valence-electron chi connectivity index (χ1n) is 15.0. The second kappa shape index (κ2) is 11.6. The normalized spacial score (nSPS) is 24.6. The van der Waals surface area contributed by atoms with Gasteiger partial charge in [0.25, 0.3) is 17.7 Å². The Morgan fingerprint density at radius 1 is 0.889 bits per heavy atom. The Morgan fingerprint density at radius 3 is 2.27 bits per heavy atom. The second-order valence-electron chi connectivity index (χ2n) is 11.4. The number of hydrogen-bond acceptors (Lipinski definition) is 9. The van der Waals surface area contributed by atoms with Crippen molar-refractivity contribution in [1.82, 2.24) is 10.0 Å². The molecule has 0 aromatic heterocycles. The molecule has 0 radical (unpaired) electrons. The van der Waals surface area contributed by atoms with Gasteiger partial charge < -0.3 is 9.47 Å². The number of carbonyl (C=O) groups excluding carboxylic acids is 3. The molecule has 3 amide bonds. The summed E-state index contributed by atoms with van der Waals surface area (Å²) in [5, 5.41) is 16.0. The molecule has 228 valence electrons. The van der Waals surface area contributed by atoms with Crippen LogP contribution >= 0.6 is 0 Å². The van der Waals surface area contributed by atoms with Gasteiger partial charge in [-0.3, -0.25) is 19.4 Å². The molecule has 11 heteroatoms. The molecule has 0 N–H and O–H groups in total. The van der Waals surface area contributed by atoms with Crippen molar-refractivity contribution in [3.8, 4) is 11.5 Å².